The van der Waals surface area contributed by atoms with Crippen LogP contribution in [0.15, 0.2) is 34.9 Å². The van der Waals surface area contributed by atoms with Gasteiger partial charge in [-0.25, -0.2) is 14.2 Å². The van der Waals surface area contributed by atoms with Gasteiger partial charge in [0.25, 0.3) is 0 Å². The van der Waals surface area contributed by atoms with Gasteiger partial charge in [-0.1, -0.05) is 12.1 Å². The minimum atomic E-state index is -0.554. The first-order valence-corrected chi connectivity index (χ1v) is 7.56. The van der Waals surface area contributed by atoms with Crippen LogP contribution in [0.5, 0.6) is 0 Å². The number of nitrogens with zero attached hydrogens (tertiary/aromatic N) is 1. The lowest BCUT2D eigenvalue weighted by molar-refractivity contribution is 0.0372. The smallest absolute Gasteiger partial charge is 0.359 e. The molecule has 0 fully saturated rings. The molecular formula is C16H16BrFN2O2. The maximum absolute atomic E-state index is 12.9. The topological polar surface area (TPSA) is 65.2 Å². The number of carbonyl (C=O) groups excluding carboxylic acids is 1. The van der Waals surface area contributed by atoms with Crippen molar-refractivity contribution in [1.82, 2.24) is 4.98 Å². The minimum Gasteiger partial charge on any atom is -0.458 e. The van der Waals surface area contributed by atoms with Crippen LogP contribution in [-0.4, -0.2) is 17.1 Å². The van der Waals surface area contributed by atoms with E-state index in [9.17, 15) is 9.18 Å². The molecule has 1 heterocycles. The standard InChI is InChI=1S/C16H16BrFN2O2/c1-9(2)22-16(21)15-14(19)13(17)11(8-20-15)7-10-3-5-12(18)6-4-10/h3-6,8-9H,7,19H2,1-2H3. The van der Waals surface area contributed by atoms with E-state index in [-0.39, 0.29) is 23.3 Å². The van der Waals surface area contributed by atoms with E-state index in [1.807, 2.05) is 0 Å². The second-order valence-electron chi connectivity index (χ2n) is 5.12. The third kappa shape index (κ3) is 3.82. The molecule has 0 aliphatic carbocycles. The van der Waals surface area contributed by atoms with Crippen LogP contribution in [0.3, 0.4) is 0 Å². The summed E-state index contributed by atoms with van der Waals surface area (Å²) in [5.74, 6) is -0.839. The second-order valence-corrected chi connectivity index (χ2v) is 5.91. The van der Waals surface area contributed by atoms with Gasteiger partial charge in [-0.05, 0) is 53.0 Å². The second kappa shape index (κ2) is 6.87. The van der Waals surface area contributed by atoms with Crippen molar-refractivity contribution in [3.05, 3.63) is 57.6 Å². The molecule has 0 bridgehead atoms. The summed E-state index contributed by atoms with van der Waals surface area (Å²) in [6, 6.07) is 6.18. The number of nitrogens with two attached hydrogens (primary N) is 1. The molecule has 0 saturated heterocycles. The van der Waals surface area contributed by atoms with Crippen LogP contribution in [0, 0.1) is 5.82 Å². The Morgan fingerprint density at radius 3 is 2.59 bits per heavy atom. The number of aromatic nitrogens is 1. The van der Waals surface area contributed by atoms with Gasteiger partial charge in [0, 0.05) is 17.1 Å². The normalized spacial score (nSPS) is 10.8. The number of benzene rings is 1. The van der Waals surface area contributed by atoms with Crippen molar-refractivity contribution in [1.29, 1.82) is 0 Å². The first-order valence-electron chi connectivity index (χ1n) is 6.76. The number of ether oxygens (including phenoxy) is 1. The maximum atomic E-state index is 12.9. The van der Waals surface area contributed by atoms with Crippen molar-refractivity contribution in [3.8, 4) is 0 Å². The lowest BCUT2D eigenvalue weighted by Gasteiger charge is -2.12. The summed E-state index contributed by atoms with van der Waals surface area (Å²) in [4.78, 5) is 16.0. The molecule has 0 unspecified atom stereocenters. The lowest BCUT2D eigenvalue weighted by atomic mass is 10.1. The predicted molar refractivity (Wildman–Crippen MR) is 86.1 cm³/mol. The van der Waals surface area contributed by atoms with E-state index >= 15 is 0 Å². The summed E-state index contributed by atoms with van der Waals surface area (Å²) < 4.78 is 18.6. The Kier molecular flexibility index (Phi) is 5.13. The molecule has 2 rings (SSSR count). The van der Waals surface area contributed by atoms with E-state index in [2.05, 4.69) is 20.9 Å². The van der Waals surface area contributed by atoms with Crippen molar-refractivity contribution in [3.63, 3.8) is 0 Å². The Morgan fingerprint density at radius 1 is 1.36 bits per heavy atom. The van der Waals surface area contributed by atoms with Crippen LogP contribution < -0.4 is 5.73 Å². The molecule has 4 nitrogen and oxygen atoms in total. The Hall–Kier alpha value is -1.95. The molecule has 0 aliphatic heterocycles. The average Bonchev–Trinajstić information content (AvgIpc) is 2.45. The molecule has 0 aliphatic rings. The molecule has 2 aromatic rings. The molecule has 2 N–H and O–H groups in total. The zero-order chi connectivity index (χ0) is 16.3. The number of esters is 1. The van der Waals surface area contributed by atoms with Crippen LogP contribution in [-0.2, 0) is 11.2 Å². The van der Waals surface area contributed by atoms with Crippen molar-refractivity contribution in [2.24, 2.45) is 0 Å². The molecule has 116 valence electrons. The molecule has 0 atom stereocenters. The number of anilines is 1. The predicted octanol–water partition coefficient (Wildman–Crippen LogP) is 3.72. The summed E-state index contributed by atoms with van der Waals surface area (Å²) in [6.45, 7) is 3.51. The fourth-order valence-corrected chi connectivity index (χ4v) is 2.35. The van der Waals surface area contributed by atoms with Gasteiger partial charge in [0.05, 0.1) is 11.8 Å². The van der Waals surface area contributed by atoms with E-state index < -0.39 is 5.97 Å². The number of halogens is 2. The third-order valence-corrected chi connectivity index (χ3v) is 3.90. The molecule has 1 aromatic carbocycles. The van der Waals surface area contributed by atoms with Crippen LogP contribution in [0.25, 0.3) is 0 Å². The van der Waals surface area contributed by atoms with Crippen molar-refractivity contribution in [2.45, 2.75) is 26.4 Å². The summed E-state index contributed by atoms with van der Waals surface area (Å²) in [6.07, 6.45) is 1.85. The highest BCUT2D eigenvalue weighted by Crippen LogP contribution is 2.28. The van der Waals surface area contributed by atoms with E-state index in [0.717, 1.165) is 11.1 Å². The zero-order valence-corrected chi connectivity index (χ0v) is 13.9. The van der Waals surface area contributed by atoms with Crippen LogP contribution in [0.4, 0.5) is 10.1 Å². The van der Waals surface area contributed by atoms with E-state index in [1.54, 1.807) is 32.2 Å². The molecule has 1 aromatic heterocycles. The Balaban J connectivity index is 2.26. The number of hydrogen-bond donors (Lipinski definition) is 1. The first kappa shape index (κ1) is 16.4. The fourth-order valence-electron chi connectivity index (χ4n) is 1.92. The molecular weight excluding hydrogens is 351 g/mol. The number of nitrogen functional groups attached to an aromatic ring is 1. The molecule has 0 amide bonds. The van der Waals surface area contributed by atoms with Gasteiger partial charge in [0.15, 0.2) is 5.69 Å². The zero-order valence-electron chi connectivity index (χ0n) is 12.3. The summed E-state index contributed by atoms with van der Waals surface area (Å²) in [7, 11) is 0. The average molecular weight is 367 g/mol. The summed E-state index contributed by atoms with van der Waals surface area (Å²) in [5, 5.41) is 0. The van der Waals surface area contributed by atoms with Gasteiger partial charge < -0.3 is 10.5 Å². The Morgan fingerprint density at radius 2 is 2.00 bits per heavy atom. The SMILES string of the molecule is CC(C)OC(=O)c1ncc(Cc2ccc(F)cc2)c(Br)c1N. The number of rotatable bonds is 4. The molecule has 6 heteroatoms. The minimum absolute atomic E-state index is 0.0865. The highest BCUT2D eigenvalue weighted by Gasteiger charge is 2.18. The molecule has 0 saturated carbocycles. The number of carbonyl (C=O) groups is 1. The van der Waals surface area contributed by atoms with E-state index in [0.29, 0.717) is 10.9 Å². The maximum Gasteiger partial charge on any atom is 0.359 e. The van der Waals surface area contributed by atoms with E-state index in [4.69, 9.17) is 10.5 Å². The molecule has 0 spiro atoms. The third-order valence-electron chi connectivity index (χ3n) is 2.97. The van der Waals surface area contributed by atoms with Crippen molar-refractivity contribution < 1.29 is 13.9 Å². The van der Waals surface area contributed by atoms with Gasteiger partial charge in [-0.15, -0.1) is 0 Å². The highest BCUT2D eigenvalue weighted by molar-refractivity contribution is 9.10. The molecule has 22 heavy (non-hydrogen) atoms. The van der Waals surface area contributed by atoms with Gasteiger partial charge in [-0.3, -0.25) is 0 Å². The Bertz CT molecular complexity index is 687. The van der Waals surface area contributed by atoms with Crippen LogP contribution >= 0.6 is 15.9 Å². The van der Waals surface area contributed by atoms with Gasteiger partial charge in [-0.2, -0.15) is 0 Å². The number of hydrogen-bond acceptors (Lipinski definition) is 4. The fraction of sp³-hybridized carbons (Fsp3) is 0.250. The summed E-state index contributed by atoms with van der Waals surface area (Å²) in [5.41, 5.74) is 8.02. The van der Waals surface area contributed by atoms with E-state index in [1.165, 1.54) is 12.1 Å². The van der Waals surface area contributed by atoms with Crippen molar-refractivity contribution >= 4 is 27.6 Å². The van der Waals surface area contributed by atoms with Gasteiger partial charge >= 0.3 is 5.97 Å². The molecule has 0 radical (unpaired) electrons. The quantitative estimate of drug-likeness (QED) is 0.837. The highest BCUT2D eigenvalue weighted by atomic mass is 79.9. The van der Waals surface area contributed by atoms with Crippen LogP contribution in [0.2, 0.25) is 0 Å². The number of pyridine rings is 1. The van der Waals surface area contributed by atoms with Crippen LogP contribution in [0.1, 0.15) is 35.5 Å². The van der Waals surface area contributed by atoms with Gasteiger partial charge in [0.2, 0.25) is 0 Å². The lowest BCUT2D eigenvalue weighted by Crippen LogP contribution is -2.16. The van der Waals surface area contributed by atoms with Crippen molar-refractivity contribution in [2.75, 3.05) is 5.73 Å². The largest absolute Gasteiger partial charge is 0.458 e. The first-order chi connectivity index (χ1) is 10.4. The van der Waals surface area contributed by atoms with Gasteiger partial charge in [0.1, 0.15) is 5.82 Å². The summed E-state index contributed by atoms with van der Waals surface area (Å²) >= 11 is 3.39. The monoisotopic (exact) mass is 366 g/mol. The Labute approximate surface area is 136 Å².